The Kier molecular flexibility index (Phi) is 9.92. The fourth-order valence-corrected chi connectivity index (χ4v) is 12.9. The van der Waals surface area contributed by atoms with Gasteiger partial charge in [-0.15, -0.1) is 12.4 Å². The van der Waals surface area contributed by atoms with E-state index in [9.17, 15) is 4.79 Å². The van der Waals surface area contributed by atoms with E-state index in [1.165, 1.54) is 18.7 Å². The Bertz CT molecular complexity index is 994. The molecular weight excluding hydrogens is 530 g/mol. The van der Waals surface area contributed by atoms with Crippen molar-refractivity contribution in [1.29, 1.82) is 0 Å². The molecule has 8 nitrogen and oxygen atoms in total. The van der Waals surface area contributed by atoms with Crippen LogP contribution in [0.15, 0.2) is 6.33 Å². The van der Waals surface area contributed by atoms with E-state index in [1.54, 1.807) is 0 Å². The van der Waals surface area contributed by atoms with Crippen LogP contribution >= 0.6 is 12.4 Å². The number of hydrogen-bond donors (Lipinski definition) is 0. The average Bonchev–Trinajstić information content (AvgIpc) is 3.35. The first-order valence-corrected chi connectivity index (χ1v) is 17.0. The molecule has 0 N–H and O–H groups in total. The minimum Gasteiger partial charge on any atom is -0.444 e. The number of amides is 1. The van der Waals surface area contributed by atoms with Gasteiger partial charge in [0.05, 0.1) is 25.7 Å². The molecule has 1 fully saturated rings. The number of likely N-dealkylation sites (N-methyl/N-ethyl adjacent to an activating group) is 1. The molecule has 1 saturated heterocycles. The number of anilines is 2. The van der Waals surface area contributed by atoms with Crippen molar-refractivity contribution in [3.8, 4) is 0 Å². The topological polar surface area (TPSA) is 62.0 Å². The number of hydrogen-bond acceptors (Lipinski definition) is 6. The van der Waals surface area contributed by atoms with Crippen molar-refractivity contribution in [2.75, 3.05) is 36.0 Å². The maximum atomic E-state index is 13.8. The molecule has 0 spiro atoms. The number of rotatable bonds is 7. The highest BCUT2D eigenvalue weighted by atomic mass is 35.5. The normalized spacial score (nSPS) is 21.2. The number of ether oxygens (including phenoxy) is 1. The minimum atomic E-state index is -2.11. The summed E-state index contributed by atoms with van der Waals surface area (Å²) in [4.78, 5) is 25.7. The minimum absolute atomic E-state index is 0. The van der Waals surface area contributed by atoms with Crippen LogP contribution in [-0.2, 0) is 22.3 Å². The van der Waals surface area contributed by atoms with Crippen molar-refractivity contribution in [2.24, 2.45) is 0 Å². The van der Waals surface area contributed by atoms with Gasteiger partial charge in [-0.3, -0.25) is 9.80 Å². The van der Waals surface area contributed by atoms with Crippen LogP contribution < -0.4 is 14.4 Å². The van der Waals surface area contributed by atoms with Crippen molar-refractivity contribution in [2.45, 2.75) is 129 Å². The molecule has 0 aromatic carbocycles. The van der Waals surface area contributed by atoms with Gasteiger partial charge in [0.15, 0.2) is 8.32 Å². The Morgan fingerprint density at radius 3 is 2.36 bits per heavy atom. The summed E-state index contributed by atoms with van der Waals surface area (Å²) in [5.74, 6) is 2.24. The van der Waals surface area contributed by atoms with Gasteiger partial charge in [0.1, 0.15) is 23.8 Å². The Morgan fingerprint density at radius 2 is 1.79 bits per heavy atom. The lowest BCUT2D eigenvalue weighted by atomic mass is 10.2. The van der Waals surface area contributed by atoms with E-state index in [-0.39, 0.29) is 24.5 Å². The fourth-order valence-electron chi connectivity index (χ4n) is 7.38. The Labute approximate surface area is 244 Å². The highest BCUT2D eigenvalue weighted by Crippen LogP contribution is 2.43. The molecule has 4 rings (SSSR count). The summed E-state index contributed by atoms with van der Waals surface area (Å²) in [5.41, 5.74) is 2.02. The van der Waals surface area contributed by atoms with Gasteiger partial charge in [-0.1, -0.05) is 46.5 Å². The van der Waals surface area contributed by atoms with E-state index in [0.29, 0.717) is 42.4 Å². The number of halogens is 1. The van der Waals surface area contributed by atoms with Crippen molar-refractivity contribution in [1.82, 2.24) is 9.88 Å². The molecule has 0 aliphatic carbocycles. The standard InChI is InChI=1S/C29H52N5O3Si.ClH/c1-11-31-16-24(18-36-38(20(2)3,21(4)5)22(6)7)34(28(35)37-29(8,9)10)17-25-26(31)30-19-32-15-23-13-12-14-33(23)27(25)32;/h19-24H,11-18H2,1-10H3;1H/q+1;/t23-,24-;/m0./s1. The van der Waals surface area contributed by atoms with Gasteiger partial charge >= 0.3 is 6.09 Å². The van der Waals surface area contributed by atoms with Gasteiger partial charge in [-0.25, -0.2) is 9.36 Å². The second kappa shape index (κ2) is 12.1. The van der Waals surface area contributed by atoms with Crippen LogP contribution in [0.5, 0.6) is 0 Å². The quantitative estimate of drug-likeness (QED) is 0.294. The SMILES string of the molecule is CCN1C[C@@H](CO[Si](C(C)C)(C(C)C)C(C)C)N(C(=O)OC(C)(C)C)Cc2c1nc[n+]1c2N2CCC[C@H]2C1.Cl. The summed E-state index contributed by atoms with van der Waals surface area (Å²) in [6.07, 6.45) is 4.18. The molecule has 0 radical (unpaired) electrons. The summed E-state index contributed by atoms with van der Waals surface area (Å²) in [6, 6.07) is 0.407. The van der Waals surface area contributed by atoms with Gasteiger partial charge in [-0.2, -0.15) is 0 Å². The molecule has 10 heteroatoms. The molecule has 1 aromatic heterocycles. The lowest BCUT2D eigenvalue weighted by molar-refractivity contribution is -0.677. The number of carbonyl (C=O) groups excluding carboxylic acids is 1. The molecular formula is C29H53ClN5O3Si+. The van der Waals surface area contributed by atoms with E-state index < -0.39 is 13.9 Å². The third kappa shape index (κ3) is 6.05. The number of aromatic nitrogens is 2. The molecule has 222 valence electrons. The highest BCUT2D eigenvalue weighted by molar-refractivity contribution is 6.77. The predicted octanol–water partition coefficient (Wildman–Crippen LogP) is 5.91. The van der Waals surface area contributed by atoms with Gasteiger partial charge in [0.2, 0.25) is 18.0 Å². The molecule has 39 heavy (non-hydrogen) atoms. The van der Waals surface area contributed by atoms with Crippen LogP contribution in [0.3, 0.4) is 0 Å². The van der Waals surface area contributed by atoms with Crippen LogP contribution in [0.2, 0.25) is 16.6 Å². The van der Waals surface area contributed by atoms with Crippen LogP contribution in [0.25, 0.3) is 0 Å². The predicted molar refractivity (Wildman–Crippen MR) is 162 cm³/mol. The average molecular weight is 583 g/mol. The third-order valence-corrected chi connectivity index (χ3v) is 15.0. The fraction of sp³-hybridized carbons (Fsp3) is 0.828. The Morgan fingerprint density at radius 1 is 1.15 bits per heavy atom. The molecule has 4 heterocycles. The zero-order chi connectivity index (χ0) is 28.0. The Balaban J connectivity index is 0.00000420. The largest absolute Gasteiger partial charge is 0.444 e. The monoisotopic (exact) mass is 582 g/mol. The summed E-state index contributed by atoms with van der Waals surface area (Å²) < 4.78 is 15.4. The van der Waals surface area contributed by atoms with Gasteiger partial charge in [-0.05, 0) is 57.2 Å². The lowest BCUT2D eigenvalue weighted by Crippen LogP contribution is -2.54. The highest BCUT2D eigenvalue weighted by Gasteiger charge is 2.48. The van der Waals surface area contributed by atoms with Crippen molar-refractivity contribution in [3.05, 3.63) is 11.9 Å². The first-order valence-electron chi connectivity index (χ1n) is 14.9. The summed E-state index contributed by atoms with van der Waals surface area (Å²) >= 11 is 0. The van der Waals surface area contributed by atoms with E-state index in [0.717, 1.165) is 31.0 Å². The number of nitrogens with zero attached hydrogens (tertiary/aromatic N) is 5. The van der Waals surface area contributed by atoms with E-state index >= 15 is 0 Å². The summed E-state index contributed by atoms with van der Waals surface area (Å²) in [7, 11) is -2.11. The Hall–Kier alpha value is -1.58. The van der Waals surface area contributed by atoms with E-state index in [2.05, 4.69) is 62.8 Å². The molecule has 1 amide bonds. The molecule has 2 atom stereocenters. The van der Waals surface area contributed by atoms with Crippen molar-refractivity contribution in [3.63, 3.8) is 0 Å². The zero-order valence-electron chi connectivity index (χ0n) is 26.0. The van der Waals surface area contributed by atoms with Crippen molar-refractivity contribution >= 4 is 38.5 Å². The third-order valence-electron chi connectivity index (χ3n) is 8.93. The maximum absolute atomic E-state index is 13.8. The number of carbonyl (C=O) groups is 1. The number of fused-ring (bicyclic) bond motifs is 5. The zero-order valence-corrected chi connectivity index (χ0v) is 27.8. The first kappa shape index (κ1) is 31.9. The molecule has 3 aliphatic heterocycles. The van der Waals surface area contributed by atoms with Crippen molar-refractivity contribution < 1.29 is 18.5 Å². The summed E-state index contributed by atoms with van der Waals surface area (Å²) in [6.45, 7) is 26.5. The maximum Gasteiger partial charge on any atom is 0.410 e. The molecule has 0 unspecified atom stereocenters. The lowest BCUT2D eigenvalue weighted by Gasteiger charge is -2.44. The van der Waals surface area contributed by atoms with Crippen LogP contribution in [0.4, 0.5) is 16.4 Å². The van der Waals surface area contributed by atoms with E-state index in [1.807, 2.05) is 32.0 Å². The van der Waals surface area contributed by atoms with Gasteiger partial charge < -0.3 is 14.1 Å². The summed E-state index contributed by atoms with van der Waals surface area (Å²) in [5, 5.41) is 0. The van der Waals surface area contributed by atoms with Crippen LogP contribution in [-0.4, -0.2) is 68.2 Å². The molecule has 0 bridgehead atoms. The molecule has 1 aromatic rings. The second-order valence-corrected chi connectivity index (χ2v) is 18.9. The van der Waals surface area contributed by atoms with Crippen LogP contribution in [0, 0.1) is 0 Å². The molecule has 0 saturated carbocycles. The van der Waals surface area contributed by atoms with E-state index in [4.69, 9.17) is 14.1 Å². The molecule has 3 aliphatic rings. The smallest absolute Gasteiger partial charge is 0.410 e. The van der Waals surface area contributed by atoms with Gasteiger partial charge in [0.25, 0.3) is 0 Å². The van der Waals surface area contributed by atoms with Crippen LogP contribution in [0.1, 0.15) is 87.6 Å². The van der Waals surface area contributed by atoms with Gasteiger partial charge in [0, 0.05) is 13.1 Å². The first-order chi connectivity index (χ1) is 17.8. The second-order valence-electron chi connectivity index (χ2n) is 13.4.